The number of carbonyl (C=O) groups is 1. The van der Waals surface area contributed by atoms with Gasteiger partial charge >= 0.3 is 0 Å². The van der Waals surface area contributed by atoms with Crippen LogP contribution in [0, 0.1) is 5.41 Å². The third-order valence-electron chi connectivity index (χ3n) is 6.62. The van der Waals surface area contributed by atoms with E-state index in [1.165, 1.54) is 12.8 Å². The van der Waals surface area contributed by atoms with Crippen LogP contribution in [-0.4, -0.2) is 90.5 Å². The predicted molar refractivity (Wildman–Crippen MR) is 107 cm³/mol. The molecule has 2 atom stereocenters. The molecule has 148 valence electrons. The first-order chi connectivity index (χ1) is 12.4. The van der Waals surface area contributed by atoms with E-state index in [2.05, 4.69) is 60.4 Å². The molecule has 5 heteroatoms. The Morgan fingerprint density at radius 2 is 2.04 bits per heavy atom. The normalized spacial score (nSPS) is 29.2. The fraction of sp³-hybridized carbons (Fsp3) is 0.857. The van der Waals surface area contributed by atoms with Gasteiger partial charge in [-0.15, -0.1) is 0 Å². The molecule has 2 unspecified atom stereocenters. The van der Waals surface area contributed by atoms with Gasteiger partial charge in [0.1, 0.15) is 0 Å². The van der Waals surface area contributed by atoms with Crippen LogP contribution in [0.4, 0.5) is 0 Å². The average Bonchev–Trinajstić information content (AvgIpc) is 3.32. The molecular formula is C21H38N4O. The first kappa shape index (κ1) is 19.7. The van der Waals surface area contributed by atoms with E-state index in [-0.39, 0.29) is 11.3 Å². The highest BCUT2D eigenvalue weighted by Crippen LogP contribution is 2.57. The van der Waals surface area contributed by atoms with Crippen molar-refractivity contribution in [2.24, 2.45) is 5.41 Å². The molecule has 5 nitrogen and oxygen atoms in total. The molecule has 2 heterocycles. The Bertz CT molecular complexity index is 546. The van der Waals surface area contributed by atoms with Crippen LogP contribution in [0.5, 0.6) is 0 Å². The smallest absolute Gasteiger partial charge is 0.269 e. The highest BCUT2D eigenvalue weighted by atomic mass is 16.2. The number of hydrogen-bond donors (Lipinski definition) is 0. The summed E-state index contributed by atoms with van der Waals surface area (Å²) in [6.07, 6.45) is 5.81. The molecule has 3 aliphatic rings. The van der Waals surface area contributed by atoms with E-state index in [4.69, 9.17) is 0 Å². The number of fused-ring (bicyclic) bond motifs is 1. The Hall–Kier alpha value is -1.07. The van der Waals surface area contributed by atoms with E-state index in [1.54, 1.807) is 0 Å². The largest absolute Gasteiger partial charge is 0.366 e. The molecule has 2 fully saturated rings. The monoisotopic (exact) mass is 362 g/mol. The van der Waals surface area contributed by atoms with Crippen LogP contribution in [0.3, 0.4) is 0 Å². The van der Waals surface area contributed by atoms with Crippen molar-refractivity contribution in [3.8, 4) is 0 Å². The zero-order valence-corrected chi connectivity index (χ0v) is 17.5. The lowest BCUT2D eigenvalue weighted by Gasteiger charge is -2.27. The van der Waals surface area contributed by atoms with Crippen molar-refractivity contribution < 1.29 is 4.79 Å². The van der Waals surface area contributed by atoms with Gasteiger partial charge in [0.2, 0.25) is 0 Å². The molecule has 0 radical (unpaired) electrons. The first-order valence-electron chi connectivity index (χ1n) is 10.6. The number of nitrogens with zero attached hydrogens (tertiary/aromatic N) is 4. The van der Waals surface area contributed by atoms with Crippen molar-refractivity contribution in [1.29, 1.82) is 0 Å². The summed E-state index contributed by atoms with van der Waals surface area (Å²) in [7, 11) is 2.12. The average molecular weight is 363 g/mol. The van der Waals surface area contributed by atoms with Gasteiger partial charge in [-0.25, -0.2) is 0 Å². The maximum atomic E-state index is 13.2. The highest BCUT2D eigenvalue weighted by molar-refractivity contribution is 5.94. The van der Waals surface area contributed by atoms with E-state index in [0.717, 1.165) is 57.9 Å². The van der Waals surface area contributed by atoms with Crippen molar-refractivity contribution >= 4 is 5.91 Å². The minimum Gasteiger partial charge on any atom is -0.366 e. The highest BCUT2D eigenvalue weighted by Gasteiger charge is 2.60. The van der Waals surface area contributed by atoms with Crippen LogP contribution < -0.4 is 0 Å². The number of carbonyl (C=O) groups excluding carboxylic acids is 1. The van der Waals surface area contributed by atoms with E-state index in [9.17, 15) is 4.79 Å². The topological polar surface area (TPSA) is 30.0 Å². The van der Waals surface area contributed by atoms with Gasteiger partial charge < -0.3 is 14.7 Å². The van der Waals surface area contributed by atoms with E-state index in [1.807, 2.05) is 0 Å². The van der Waals surface area contributed by atoms with E-state index < -0.39 is 0 Å². The Kier molecular flexibility index (Phi) is 5.97. The number of likely N-dealkylation sites (N-methyl/N-ethyl adjacent to an activating group) is 1. The molecule has 0 N–H and O–H groups in total. The summed E-state index contributed by atoms with van der Waals surface area (Å²) in [6, 6.07) is 1.10. The minimum absolute atomic E-state index is 0.223. The fourth-order valence-corrected chi connectivity index (χ4v) is 4.85. The molecule has 0 aromatic rings. The quantitative estimate of drug-likeness (QED) is 0.695. The lowest BCUT2D eigenvalue weighted by Crippen LogP contribution is -2.40. The zero-order chi connectivity index (χ0) is 18.9. The molecule has 1 aliphatic carbocycles. The molecule has 26 heavy (non-hydrogen) atoms. The van der Waals surface area contributed by atoms with Crippen molar-refractivity contribution in [2.75, 3.05) is 52.9 Å². The molecule has 0 aromatic carbocycles. The van der Waals surface area contributed by atoms with Gasteiger partial charge in [0.15, 0.2) is 0 Å². The first-order valence-corrected chi connectivity index (χ1v) is 10.6. The van der Waals surface area contributed by atoms with Gasteiger partial charge in [0.05, 0.1) is 5.70 Å². The molecule has 1 saturated carbocycles. The third-order valence-corrected chi connectivity index (χ3v) is 6.62. The summed E-state index contributed by atoms with van der Waals surface area (Å²) < 4.78 is 0. The summed E-state index contributed by atoms with van der Waals surface area (Å²) in [5.74, 6) is 0.253. The van der Waals surface area contributed by atoms with Crippen molar-refractivity contribution in [2.45, 2.75) is 59.0 Å². The molecule has 1 amide bonds. The second-order valence-electron chi connectivity index (χ2n) is 8.74. The van der Waals surface area contributed by atoms with Crippen LogP contribution in [0.2, 0.25) is 0 Å². The van der Waals surface area contributed by atoms with E-state index >= 15 is 0 Å². The molecular weight excluding hydrogens is 324 g/mol. The Balaban J connectivity index is 1.66. The van der Waals surface area contributed by atoms with Gasteiger partial charge in [-0.05, 0) is 52.3 Å². The van der Waals surface area contributed by atoms with Crippen LogP contribution in [0.15, 0.2) is 11.8 Å². The van der Waals surface area contributed by atoms with E-state index in [0.29, 0.717) is 12.1 Å². The van der Waals surface area contributed by atoms with Gasteiger partial charge in [-0.1, -0.05) is 13.8 Å². The lowest BCUT2D eigenvalue weighted by atomic mass is 10.1. The second kappa shape index (κ2) is 7.89. The Morgan fingerprint density at radius 1 is 1.27 bits per heavy atom. The number of rotatable bonds is 7. The number of hydrogen-bond acceptors (Lipinski definition) is 4. The van der Waals surface area contributed by atoms with Gasteiger partial charge in [0.25, 0.3) is 5.91 Å². The SMILES string of the molecule is CCCN(CC)CC12C=C(C(=O)N3CCCN(C(C)C)CC3)N(C)C1C2. The Morgan fingerprint density at radius 3 is 2.69 bits per heavy atom. The van der Waals surface area contributed by atoms with Gasteiger partial charge in [-0.3, -0.25) is 9.69 Å². The van der Waals surface area contributed by atoms with Crippen molar-refractivity contribution in [3.63, 3.8) is 0 Å². The number of amides is 1. The predicted octanol–water partition coefficient (Wildman–Crippen LogP) is 2.25. The van der Waals surface area contributed by atoms with Gasteiger partial charge in [-0.2, -0.15) is 0 Å². The fourth-order valence-electron chi connectivity index (χ4n) is 4.85. The van der Waals surface area contributed by atoms with Crippen LogP contribution in [0.1, 0.15) is 47.0 Å². The molecule has 2 aliphatic heterocycles. The van der Waals surface area contributed by atoms with Gasteiger partial charge in [0, 0.05) is 57.3 Å². The Labute approximate surface area is 160 Å². The standard InChI is InChI=1S/C21H38N4O/c1-6-9-23(7-2)16-21-14-18(22(5)19(21)15-21)20(26)25-11-8-10-24(12-13-25)17(3)4/h14,17,19H,6-13,15-16H2,1-5H3. The molecule has 3 rings (SSSR count). The second-order valence-corrected chi connectivity index (χ2v) is 8.74. The minimum atomic E-state index is 0.223. The zero-order valence-electron chi connectivity index (χ0n) is 17.5. The summed E-state index contributed by atoms with van der Waals surface area (Å²) >= 11 is 0. The molecule has 0 spiro atoms. The molecule has 0 bridgehead atoms. The molecule has 0 aromatic heterocycles. The summed E-state index contributed by atoms with van der Waals surface area (Å²) in [5, 5.41) is 0. The summed E-state index contributed by atoms with van der Waals surface area (Å²) in [4.78, 5) is 22.6. The summed E-state index contributed by atoms with van der Waals surface area (Å²) in [6.45, 7) is 16.2. The summed E-state index contributed by atoms with van der Waals surface area (Å²) in [5.41, 5.74) is 1.17. The molecule has 1 saturated heterocycles. The van der Waals surface area contributed by atoms with Crippen LogP contribution in [0.25, 0.3) is 0 Å². The van der Waals surface area contributed by atoms with Crippen molar-refractivity contribution in [3.05, 3.63) is 11.8 Å². The van der Waals surface area contributed by atoms with Crippen molar-refractivity contribution in [1.82, 2.24) is 19.6 Å². The lowest BCUT2D eigenvalue weighted by molar-refractivity contribution is -0.128. The maximum absolute atomic E-state index is 13.2. The van der Waals surface area contributed by atoms with Crippen LogP contribution in [-0.2, 0) is 4.79 Å². The third kappa shape index (κ3) is 3.79. The maximum Gasteiger partial charge on any atom is 0.269 e. The van der Waals surface area contributed by atoms with Crippen LogP contribution >= 0.6 is 0 Å².